The van der Waals surface area contributed by atoms with E-state index in [1.165, 1.54) is 5.01 Å². The number of ether oxygens (including phenoxy) is 1. The molecular formula is C29H39N5O4. The zero-order chi connectivity index (χ0) is 27.9. The second kappa shape index (κ2) is 12.3. The largest absolute Gasteiger partial charge is 0.374 e. The maximum atomic E-state index is 13.7. The fraction of sp³-hybridized carbons (Fsp3) is 0.448. The van der Waals surface area contributed by atoms with Crippen LogP contribution in [0.15, 0.2) is 71.9 Å². The number of hydrogen-bond donors (Lipinski definition) is 2. The summed E-state index contributed by atoms with van der Waals surface area (Å²) in [6.07, 6.45) is 8.40. The van der Waals surface area contributed by atoms with Crippen LogP contribution in [0, 0.1) is 5.41 Å². The number of carbonyl (C=O) groups is 3. The van der Waals surface area contributed by atoms with Gasteiger partial charge in [-0.05, 0) is 44.7 Å². The predicted octanol–water partition coefficient (Wildman–Crippen LogP) is 2.20. The summed E-state index contributed by atoms with van der Waals surface area (Å²) in [5.74, 6) is -0.837. The molecule has 1 saturated heterocycles. The van der Waals surface area contributed by atoms with Gasteiger partial charge in [-0.25, -0.2) is 5.01 Å². The lowest BCUT2D eigenvalue weighted by molar-refractivity contribution is -0.141. The quantitative estimate of drug-likeness (QED) is 0.433. The molecule has 1 aromatic rings. The van der Waals surface area contributed by atoms with Gasteiger partial charge in [0.2, 0.25) is 11.8 Å². The minimum Gasteiger partial charge on any atom is -0.374 e. The number of carbonyl (C=O) groups excluding carboxylic acids is 3. The summed E-state index contributed by atoms with van der Waals surface area (Å²) in [6, 6.07) is 8.87. The second-order valence-electron chi connectivity index (χ2n) is 10.4. The Morgan fingerprint density at radius 1 is 1.29 bits per heavy atom. The molecule has 3 N–H and O–H groups in total. The molecule has 2 heterocycles. The zero-order valence-corrected chi connectivity index (χ0v) is 22.8. The summed E-state index contributed by atoms with van der Waals surface area (Å²) in [7, 11) is 1.64. The molecule has 2 aliphatic heterocycles. The van der Waals surface area contributed by atoms with Gasteiger partial charge in [0.05, 0.1) is 36.4 Å². The minimum absolute atomic E-state index is 0.0475. The van der Waals surface area contributed by atoms with E-state index >= 15 is 0 Å². The average Bonchev–Trinajstić information content (AvgIpc) is 3.12. The number of piperidine rings is 1. The van der Waals surface area contributed by atoms with Crippen LogP contribution in [0.2, 0.25) is 0 Å². The van der Waals surface area contributed by atoms with Gasteiger partial charge in [-0.3, -0.25) is 14.4 Å². The van der Waals surface area contributed by atoms with Crippen molar-refractivity contribution in [2.75, 3.05) is 33.4 Å². The van der Waals surface area contributed by atoms with Crippen LogP contribution in [0.1, 0.15) is 32.8 Å². The minimum atomic E-state index is -1.17. The van der Waals surface area contributed by atoms with E-state index in [1.54, 1.807) is 25.8 Å². The average molecular weight is 522 g/mol. The number of fused-ring (bicyclic) bond motifs is 1. The molecule has 0 aromatic heterocycles. The van der Waals surface area contributed by atoms with Crippen molar-refractivity contribution in [3.05, 3.63) is 72.4 Å². The zero-order valence-electron chi connectivity index (χ0n) is 22.8. The molecule has 2 atom stereocenters. The monoisotopic (exact) mass is 521 g/mol. The second-order valence-corrected chi connectivity index (χ2v) is 10.4. The standard InChI is InChI=1S/C29H39N5O4/c1-6-7-9-12-21(2)19-38-20-23(31-26(36)28(3,4)30)25(35)34-16-15-29(17-22-13-10-8-11-14-22)24(18-34)32-33(5)27(29)37/h6-14,23H,2,15-20,30H2,1,3-5H3,(H,31,36)/b7-6-,12-9-/t23?,29-/m0/s1. The van der Waals surface area contributed by atoms with Crippen LogP contribution in [-0.4, -0.2) is 78.3 Å². The Balaban J connectivity index is 1.74. The van der Waals surface area contributed by atoms with Gasteiger partial charge in [-0.1, -0.05) is 61.2 Å². The normalized spacial score (nSPS) is 20.6. The maximum Gasteiger partial charge on any atom is 0.254 e. The fourth-order valence-electron chi connectivity index (χ4n) is 4.57. The van der Waals surface area contributed by atoms with Crippen molar-refractivity contribution in [2.45, 2.75) is 45.2 Å². The Labute approximate surface area is 225 Å². The Morgan fingerprint density at radius 3 is 2.66 bits per heavy atom. The van der Waals surface area contributed by atoms with Crippen molar-refractivity contribution in [3.8, 4) is 0 Å². The van der Waals surface area contributed by atoms with Crippen molar-refractivity contribution in [1.29, 1.82) is 0 Å². The highest BCUT2D eigenvalue weighted by atomic mass is 16.5. The summed E-state index contributed by atoms with van der Waals surface area (Å²) in [5.41, 5.74) is 6.44. The summed E-state index contributed by atoms with van der Waals surface area (Å²) in [5, 5.41) is 8.64. The van der Waals surface area contributed by atoms with E-state index < -0.39 is 22.9 Å². The highest BCUT2D eigenvalue weighted by molar-refractivity contribution is 6.14. The smallest absolute Gasteiger partial charge is 0.254 e. The molecule has 0 bridgehead atoms. The summed E-state index contributed by atoms with van der Waals surface area (Å²) in [6.45, 7) is 9.71. The molecule has 1 fully saturated rings. The van der Waals surface area contributed by atoms with E-state index in [4.69, 9.17) is 10.5 Å². The van der Waals surface area contributed by atoms with E-state index in [9.17, 15) is 14.4 Å². The summed E-state index contributed by atoms with van der Waals surface area (Å²) >= 11 is 0. The predicted molar refractivity (Wildman–Crippen MR) is 148 cm³/mol. The van der Waals surface area contributed by atoms with Gasteiger partial charge in [0, 0.05) is 13.6 Å². The van der Waals surface area contributed by atoms with Crippen molar-refractivity contribution >= 4 is 23.4 Å². The third-order valence-electron chi connectivity index (χ3n) is 6.73. The van der Waals surface area contributed by atoms with Crippen molar-refractivity contribution in [3.63, 3.8) is 0 Å². The van der Waals surface area contributed by atoms with Gasteiger partial charge in [-0.15, -0.1) is 0 Å². The molecule has 0 radical (unpaired) electrons. The third-order valence-corrected chi connectivity index (χ3v) is 6.73. The van der Waals surface area contributed by atoms with Gasteiger partial charge >= 0.3 is 0 Å². The van der Waals surface area contributed by atoms with E-state index in [1.807, 2.05) is 61.6 Å². The van der Waals surface area contributed by atoms with Crippen LogP contribution in [0.4, 0.5) is 0 Å². The highest BCUT2D eigenvalue weighted by Gasteiger charge is 2.53. The lowest BCUT2D eigenvalue weighted by atomic mass is 9.72. The number of nitrogens with two attached hydrogens (primary N) is 1. The number of nitrogens with zero attached hydrogens (tertiary/aromatic N) is 3. The van der Waals surface area contributed by atoms with E-state index in [0.717, 1.165) is 11.1 Å². The van der Waals surface area contributed by atoms with Crippen LogP contribution >= 0.6 is 0 Å². The van der Waals surface area contributed by atoms with Crippen LogP contribution in [0.3, 0.4) is 0 Å². The Bertz CT molecular complexity index is 1140. The summed E-state index contributed by atoms with van der Waals surface area (Å²) in [4.78, 5) is 41.2. The number of rotatable bonds is 11. The number of amides is 3. The number of allylic oxidation sites excluding steroid dienone is 3. The Kier molecular flexibility index (Phi) is 9.40. The molecule has 9 heteroatoms. The topological polar surface area (TPSA) is 117 Å². The van der Waals surface area contributed by atoms with E-state index in [-0.39, 0.29) is 31.6 Å². The number of benzene rings is 1. The van der Waals surface area contributed by atoms with Gasteiger partial charge in [0.1, 0.15) is 6.04 Å². The molecule has 9 nitrogen and oxygen atoms in total. The lowest BCUT2D eigenvalue weighted by Crippen LogP contribution is -2.60. The van der Waals surface area contributed by atoms with E-state index in [0.29, 0.717) is 25.1 Å². The number of nitrogens with one attached hydrogen (secondary N) is 1. The molecule has 0 saturated carbocycles. The molecule has 204 valence electrons. The van der Waals surface area contributed by atoms with Crippen LogP contribution in [0.5, 0.6) is 0 Å². The molecule has 0 aliphatic carbocycles. The molecular weight excluding hydrogens is 482 g/mol. The lowest BCUT2D eigenvalue weighted by Gasteiger charge is -2.39. The van der Waals surface area contributed by atoms with Crippen LogP contribution in [-0.2, 0) is 25.5 Å². The first-order valence-electron chi connectivity index (χ1n) is 12.8. The number of hydrazone groups is 1. The molecule has 1 aromatic carbocycles. The van der Waals surface area contributed by atoms with Crippen LogP contribution in [0.25, 0.3) is 0 Å². The van der Waals surface area contributed by atoms with E-state index in [2.05, 4.69) is 17.0 Å². The molecule has 3 amide bonds. The molecule has 0 spiro atoms. The number of likely N-dealkylation sites (tertiary alicyclic amines) is 1. The highest BCUT2D eigenvalue weighted by Crippen LogP contribution is 2.39. The van der Waals surface area contributed by atoms with Crippen molar-refractivity contribution in [2.24, 2.45) is 16.3 Å². The first-order chi connectivity index (χ1) is 18.0. The summed E-state index contributed by atoms with van der Waals surface area (Å²) < 4.78 is 5.76. The molecule has 1 unspecified atom stereocenters. The van der Waals surface area contributed by atoms with Gasteiger partial charge in [0.15, 0.2) is 0 Å². The number of hydrogen-bond acceptors (Lipinski definition) is 6. The SMILES string of the molecule is C=C(/C=C\C=C/C)COCC(NC(=O)C(C)(C)N)C(=O)N1CC[C@@]2(Cc3ccccc3)C(=O)N(C)N=C2C1. The van der Waals surface area contributed by atoms with Gasteiger partial charge in [-0.2, -0.15) is 5.10 Å². The van der Waals surface area contributed by atoms with Crippen molar-refractivity contribution < 1.29 is 19.1 Å². The van der Waals surface area contributed by atoms with Gasteiger partial charge in [0.25, 0.3) is 5.91 Å². The maximum absolute atomic E-state index is 13.7. The first-order valence-corrected chi connectivity index (χ1v) is 12.8. The first kappa shape index (κ1) is 29.0. The van der Waals surface area contributed by atoms with Gasteiger partial charge < -0.3 is 20.7 Å². The van der Waals surface area contributed by atoms with Crippen LogP contribution < -0.4 is 11.1 Å². The fourth-order valence-corrected chi connectivity index (χ4v) is 4.57. The molecule has 38 heavy (non-hydrogen) atoms. The van der Waals surface area contributed by atoms with Crippen molar-refractivity contribution in [1.82, 2.24) is 15.2 Å². The Morgan fingerprint density at radius 2 is 2.00 bits per heavy atom. The molecule has 3 rings (SSSR count). The third kappa shape index (κ3) is 6.85. The Hall–Kier alpha value is -3.56. The molecule has 2 aliphatic rings.